The topological polar surface area (TPSA) is 62.7 Å². The van der Waals surface area contributed by atoms with Crippen LogP contribution in [-0.4, -0.2) is 10.1 Å². The van der Waals surface area contributed by atoms with Crippen LogP contribution in [-0.2, 0) is 6.42 Å². The van der Waals surface area contributed by atoms with Crippen molar-refractivity contribution in [3.63, 3.8) is 0 Å². The van der Waals surface area contributed by atoms with Crippen molar-refractivity contribution >= 4 is 0 Å². The summed E-state index contributed by atoms with van der Waals surface area (Å²) >= 11 is 0. The second-order valence-electron chi connectivity index (χ2n) is 4.26. The standard InChI is InChI=1S/C14H15N3O/c1-3-4-5-13-16-14(18-17-13)12-7-6-11(9-15)8-10(12)2/h6-8H,3-5H2,1-2H3. The molecular formula is C14H15N3O. The van der Waals surface area contributed by atoms with Crippen molar-refractivity contribution in [1.29, 1.82) is 5.26 Å². The number of aromatic nitrogens is 2. The number of aryl methyl sites for hydroxylation is 2. The average molecular weight is 241 g/mol. The fourth-order valence-electron chi connectivity index (χ4n) is 1.77. The Morgan fingerprint density at radius 3 is 2.89 bits per heavy atom. The molecule has 0 bridgehead atoms. The molecule has 0 spiro atoms. The Hall–Kier alpha value is -2.15. The first-order valence-corrected chi connectivity index (χ1v) is 6.08. The van der Waals surface area contributed by atoms with Crippen molar-refractivity contribution < 1.29 is 4.52 Å². The molecule has 0 radical (unpaired) electrons. The summed E-state index contributed by atoms with van der Waals surface area (Å²) in [4.78, 5) is 4.37. The van der Waals surface area contributed by atoms with Crippen molar-refractivity contribution in [3.8, 4) is 17.5 Å². The van der Waals surface area contributed by atoms with Crippen LogP contribution in [0.2, 0.25) is 0 Å². The number of nitriles is 1. The highest BCUT2D eigenvalue weighted by Crippen LogP contribution is 2.22. The SMILES string of the molecule is CCCCc1noc(-c2ccc(C#N)cc2C)n1. The molecule has 0 aliphatic carbocycles. The Morgan fingerprint density at radius 1 is 1.39 bits per heavy atom. The van der Waals surface area contributed by atoms with Crippen molar-refractivity contribution in [2.45, 2.75) is 33.1 Å². The molecule has 0 saturated carbocycles. The van der Waals surface area contributed by atoms with Gasteiger partial charge in [0.2, 0.25) is 0 Å². The molecule has 1 aromatic heterocycles. The maximum Gasteiger partial charge on any atom is 0.258 e. The molecule has 2 aromatic rings. The fourth-order valence-corrected chi connectivity index (χ4v) is 1.77. The fraction of sp³-hybridized carbons (Fsp3) is 0.357. The van der Waals surface area contributed by atoms with Crippen molar-refractivity contribution in [2.75, 3.05) is 0 Å². The molecule has 1 aromatic carbocycles. The lowest BCUT2D eigenvalue weighted by atomic mass is 10.1. The molecule has 4 heteroatoms. The van der Waals surface area contributed by atoms with E-state index in [1.54, 1.807) is 6.07 Å². The molecule has 0 unspecified atom stereocenters. The number of unbranched alkanes of at least 4 members (excludes halogenated alkanes) is 1. The van der Waals surface area contributed by atoms with Crippen LogP contribution in [0.5, 0.6) is 0 Å². The largest absolute Gasteiger partial charge is 0.334 e. The third kappa shape index (κ3) is 2.57. The molecular weight excluding hydrogens is 226 g/mol. The van der Waals surface area contributed by atoms with E-state index in [-0.39, 0.29) is 0 Å². The molecule has 0 aliphatic heterocycles. The quantitative estimate of drug-likeness (QED) is 0.824. The number of hydrogen-bond acceptors (Lipinski definition) is 4. The zero-order valence-corrected chi connectivity index (χ0v) is 10.6. The first kappa shape index (κ1) is 12.3. The summed E-state index contributed by atoms with van der Waals surface area (Å²) in [5.41, 5.74) is 2.51. The zero-order valence-electron chi connectivity index (χ0n) is 10.6. The molecule has 0 atom stereocenters. The molecule has 18 heavy (non-hydrogen) atoms. The van der Waals surface area contributed by atoms with Gasteiger partial charge in [-0.25, -0.2) is 0 Å². The highest BCUT2D eigenvalue weighted by Gasteiger charge is 2.11. The summed E-state index contributed by atoms with van der Waals surface area (Å²) in [7, 11) is 0. The van der Waals surface area contributed by atoms with E-state index in [0.717, 1.165) is 36.2 Å². The second-order valence-corrected chi connectivity index (χ2v) is 4.26. The van der Waals surface area contributed by atoms with Gasteiger partial charge in [-0.3, -0.25) is 0 Å². The van der Waals surface area contributed by atoms with Crippen LogP contribution in [0.1, 0.15) is 36.7 Å². The lowest BCUT2D eigenvalue weighted by Crippen LogP contribution is -1.88. The summed E-state index contributed by atoms with van der Waals surface area (Å²) in [5.74, 6) is 1.28. The van der Waals surface area contributed by atoms with Crippen LogP contribution in [0.15, 0.2) is 22.7 Å². The maximum absolute atomic E-state index is 8.82. The monoisotopic (exact) mass is 241 g/mol. The Balaban J connectivity index is 2.26. The molecule has 92 valence electrons. The van der Waals surface area contributed by atoms with E-state index >= 15 is 0 Å². The van der Waals surface area contributed by atoms with Crippen LogP contribution >= 0.6 is 0 Å². The first-order valence-electron chi connectivity index (χ1n) is 6.08. The molecule has 1 heterocycles. The van der Waals surface area contributed by atoms with Crippen LogP contribution in [0.4, 0.5) is 0 Å². The summed E-state index contributed by atoms with van der Waals surface area (Å²) < 4.78 is 5.26. The van der Waals surface area contributed by atoms with Gasteiger partial charge < -0.3 is 4.52 Å². The second kappa shape index (κ2) is 5.46. The molecule has 0 aliphatic rings. The minimum atomic E-state index is 0.531. The van der Waals surface area contributed by atoms with Crippen LogP contribution in [0.3, 0.4) is 0 Å². The third-order valence-corrected chi connectivity index (χ3v) is 2.81. The number of rotatable bonds is 4. The van der Waals surface area contributed by atoms with E-state index in [4.69, 9.17) is 9.78 Å². The summed E-state index contributed by atoms with van der Waals surface area (Å²) in [6, 6.07) is 7.55. The van der Waals surface area contributed by atoms with E-state index in [9.17, 15) is 0 Å². The molecule has 4 nitrogen and oxygen atoms in total. The predicted octanol–water partition coefficient (Wildman–Crippen LogP) is 3.26. The van der Waals surface area contributed by atoms with Gasteiger partial charge >= 0.3 is 0 Å². The Kier molecular flexibility index (Phi) is 3.73. The first-order chi connectivity index (χ1) is 8.74. The van der Waals surface area contributed by atoms with Gasteiger partial charge in [-0.05, 0) is 37.1 Å². The van der Waals surface area contributed by atoms with E-state index < -0.39 is 0 Å². The molecule has 0 saturated heterocycles. The Labute approximate surface area is 106 Å². The smallest absolute Gasteiger partial charge is 0.258 e. The van der Waals surface area contributed by atoms with Gasteiger partial charge in [0, 0.05) is 12.0 Å². The average Bonchev–Trinajstić information content (AvgIpc) is 2.84. The number of hydrogen-bond donors (Lipinski definition) is 0. The maximum atomic E-state index is 8.82. The van der Waals surface area contributed by atoms with E-state index in [1.807, 2.05) is 19.1 Å². The molecule has 0 N–H and O–H groups in total. The zero-order chi connectivity index (χ0) is 13.0. The van der Waals surface area contributed by atoms with Gasteiger partial charge in [-0.15, -0.1) is 0 Å². The normalized spacial score (nSPS) is 10.3. The Bertz CT molecular complexity index is 581. The van der Waals surface area contributed by atoms with Gasteiger partial charge in [0.15, 0.2) is 5.82 Å². The van der Waals surface area contributed by atoms with Gasteiger partial charge in [0.05, 0.1) is 11.6 Å². The Morgan fingerprint density at radius 2 is 2.22 bits per heavy atom. The molecule has 0 amide bonds. The minimum Gasteiger partial charge on any atom is -0.334 e. The van der Waals surface area contributed by atoms with E-state index in [0.29, 0.717) is 11.5 Å². The van der Waals surface area contributed by atoms with Crippen molar-refractivity contribution in [2.24, 2.45) is 0 Å². The van der Waals surface area contributed by atoms with E-state index in [2.05, 4.69) is 23.1 Å². The summed E-state index contributed by atoms with van der Waals surface area (Å²) in [5, 5.41) is 12.8. The summed E-state index contributed by atoms with van der Waals surface area (Å²) in [6.45, 7) is 4.07. The highest BCUT2D eigenvalue weighted by atomic mass is 16.5. The third-order valence-electron chi connectivity index (χ3n) is 2.81. The van der Waals surface area contributed by atoms with Gasteiger partial charge in [0.1, 0.15) is 0 Å². The van der Waals surface area contributed by atoms with E-state index in [1.165, 1.54) is 0 Å². The predicted molar refractivity (Wildman–Crippen MR) is 67.8 cm³/mol. The summed E-state index contributed by atoms with van der Waals surface area (Å²) in [6.07, 6.45) is 3.01. The highest BCUT2D eigenvalue weighted by molar-refractivity contribution is 5.60. The van der Waals surface area contributed by atoms with Crippen molar-refractivity contribution in [3.05, 3.63) is 35.2 Å². The number of nitrogens with zero attached hydrogens (tertiary/aromatic N) is 3. The van der Waals surface area contributed by atoms with Crippen LogP contribution < -0.4 is 0 Å². The van der Waals surface area contributed by atoms with Gasteiger partial charge in [0.25, 0.3) is 5.89 Å². The van der Waals surface area contributed by atoms with Crippen LogP contribution in [0.25, 0.3) is 11.5 Å². The lowest BCUT2D eigenvalue weighted by molar-refractivity contribution is 0.421. The number of benzene rings is 1. The molecule has 0 fully saturated rings. The minimum absolute atomic E-state index is 0.531. The molecule has 2 rings (SSSR count). The van der Waals surface area contributed by atoms with Crippen molar-refractivity contribution in [1.82, 2.24) is 10.1 Å². The van der Waals surface area contributed by atoms with Gasteiger partial charge in [-0.2, -0.15) is 10.2 Å². The van der Waals surface area contributed by atoms with Crippen LogP contribution in [0, 0.1) is 18.3 Å². The van der Waals surface area contributed by atoms with Gasteiger partial charge in [-0.1, -0.05) is 18.5 Å². The lowest BCUT2D eigenvalue weighted by Gasteiger charge is -1.99.